The molecule has 11 saturated carbocycles. The summed E-state index contributed by atoms with van der Waals surface area (Å²) in [6, 6.07) is 6.65. The molecular weight excluding hydrogens is 2200 g/mol. The van der Waals surface area contributed by atoms with Gasteiger partial charge in [-0.3, -0.25) is 37.6 Å². The Hall–Kier alpha value is -1.74. The fourth-order valence-electron chi connectivity index (χ4n) is 22.6. The topological polar surface area (TPSA) is 538 Å². The van der Waals surface area contributed by atoms with Crippen LogP contribution >= 0.6 is 23.5 Å². The molecule has 20 aliphatic rings. The zero-order chi connectivity index (χ0) is 109. The molecule has 0 radical (unpaired) electrons. The van der Waals surface area contributed by atoms with Crippen LogP contribution in [-0.4, -0.2) is 347 Å². The molecular formula is C92H153F3O43S11. The van der Waals surface area contributed by atoms with Crippen molar-refractivity contribution in [1.82, 2.24) is 0 Å². The van der Waals surface area contributed by atoms with Crippen molar-refractivity contribution in [1.29, 1.82) is 0 Å². The molecule has 0 amide bonds. The molecule has 57 heteroatoms. The molecule has 21 rings (SSSR count). The van der Waals surface area contributed by atoms with Gasteiger partial charge in [0.15, 0.2) is 46.3 Å². The molecule has 149 heavy (non-hydrogen) atoms. The molecule has 0 N–H and O–H groups in total. The molecule has 9 saturated heterocycles. The van der Waals surface area contributed by atoms with Gasteiger partial charge in [0, 0.05) is 68.8 Å². The maximum absolute atomic E-state index is 12.4. The summed E-state index contributed by atoms with van der Waals surface area (Å²) >= 11 is 3.78. The number of rotatable bonds is 21. The molecule has 1 aromatic rings. The minimum Gasteiger partial charge on any atom is -0.347 e. The van der Waals surface area contributed by atoms with Gasteiger partial charge in [-0.25, -0.2) is 0 Å². The first kappa shape index (κ1) is 126. The molecule has 2 bridgehead atoms. The van der Waals surface area contributed by atoms with Crippen molar-refractivity contribution in [3.05, 3.63) is 29.8 Å². The van der Waals surface area contributed by atoms with Crippen molar-refractivity contribution in [3.63, 3.8) is 0 Å². The Morgan fingerprint density at radius 2 is 0.685 bits per heavy atom. The Morgan fingerprint density at radius 1 is 0.356 bits per heavy atom. The molecule has 11 aliphatic carbocycles. The van der Waals surface area contributed by atoms with Crippen LogP contribution in [0, 0.1) is 24.2 Å². The van der Waals surface area contributed by atoms with E-state index in [9.17, 15) is 88.9 Å². The molecule has 866 valence electrons. The minimum absolute atomic E-state index is 0.00348. The summed E-state index contributed by atoms with van der Waals surface area (Å²) in [7, 11) is -33.4. The van der Waals surface area contributed by atoms with Gasteiger partial charge in [-0.15, -0.1) is 23.5 Å². The van der Waals surface area contributed by atoms with Crippen molar-refractivity contribution in [2.45, 2.75) is 375 Å². The first-order valence-electron chi connectivity index (χ1n) is 51.3. The number of aryl methyl sites for hydroxylation is 1. The minimum atomic E-state index is -5.62. The standard InChI is InChI=1S/C15H20O5S.C12H20O5S.C11H20O5S.C10H18O5S.C9H13F3O5S.2C9H16O5S.C9H16O3S3.C8H14O5S/c1-12-5-7-13(8-6-12)21(16,17)20-14-4-2-3-9-15(14)18-10-11-19-15;1-11(2)8-6-9(11)12(15-4-5-16-12)10(7-8)17-18(3,13)14;1-2-9-17(12,13)16-10-5-3-4-6-11(10)14-7-8-15-11;1-8-7-13-10(14-8)6-4-3-5-9(10)15-16(2,11)12;10-9(11,12)18(13,14)17-7-3-1-2-4-8(7)15-5-6-16-8;1-15(10,11)14-8-3-2-4-9(7-8)12-5-6-13-9;1-15(10,11)14-8-4-2-3-5-9(8)12-6-7-13-9;1-15(10,11)12-8-4-2-3-5-9(8)13-6-7-14-9;1-14(9,10)13-7-3-2-4-8(7)11-5-6-12-8/h5-8,14H,2-4,9-11H2,1H3;8-10H,4-7H2,1-3H3;10H,2-9H2,1H3;8-9H,3-7H2,1-2H3;7H,1-6H2;3*8H,2-7H2,1H3;7H,2-6H2,1H3. The van der Waals surface area contributed by atoms with Gasteiger partial charge in [-0.2, -0.15) is 88.9 Å². The third kappa shape index (κ3) is 34.7. The maximum atomic E-state index is 12.4. The third-order valence-corrected chi connectivity index (χ3v) is 40.2. The van der Waals surface area contributed by atoms with Crippen LogP contribution in [-0.2, 0) is 205 Å². The highest BCUT2D eigenvalue weighted by atomic mass is 32.3. The summed E-state index contributed by atoms with van der Waals surface area (Å²) in [5.74, 6) is -3.86. The van der Waals surface area contributed by atoms with Crippen LogP contribution in [0.4, 0.5) is 13.2 Å². The van der Waals surface area contributed by atoms with Crippen LogP contribution < -0.4 is 0 Å². The summed E-state index contributed by atoms with van der Waals surface area (Å²) in [5, 5.41) is 0. The lowest BCUT2D eigenvalue weighted by molar-refractivity contribution is -0.334. The predicted octanol–water partition coefficient (Wildman–Crippen LogP) is 11.2. The predicted molar refractivity (Wildman–Crippen MR) is 533 cm³/mol. The molecule has 9 heterocycles. The quantitative estimate of drug-likeness (QED) is 0.0815. The average molecular weight is 2360 g/mol. The van der Waals surface area contributed by atoms with E-state index >= 15 is 0 Å². The van der Waals surface area contributed by atoms with Crippen molar-refractivity contribution in [2.24, 2.45) is 17.3 Å². The van der Waals surface area contributed by atoms with Gasteiger partial charge in [0.2, 0.25) is 0 Å². The molecule has 9 spiro atoms. The van der Waals surface area contributed by atoms with Crippen LogP contribution in [0.15, 0.2) is 29.2 Å². The third-order valence-electron chi connectivity index (χ3n) is 29.1. The van der Waals surface area contributed by atoms with Crippen molar-refractivity contribution >= 4 is 115 Å². The van der Waals surface area contributed by atoms with E-state index in [1.54, 1.807) is 24.3 Å². The average Bonchev–Trinajstić information content (AvgIpc) is 1.69. The fourth-order valence-corrected chi connectivity index (χ4v) is 33.1. The normalized spacial score (nSPS) is 31.8. The van der Waals surface area contributed by atoms with Gasteiger partial charge in [0.05, 0.1) is 164 Å². The smallest absolute Gasteiger partial charge is 0.347 e. The summed E-state index contributed by atoms with van der Waals surface area (Å²) in [4.78, 5) is 0.173. The first-order chi connectivity index (χ1) is 69.6. The lowest BCUT2D eigenvalue weighted by Gasteiger charge is -2.64. The highest BCUT2D eigenvalue weighted by Gasteiger charge is 2.70. The lowest BCUT2D eigenvalue weighted by atomic mass is 9.46. The summed E-state index contributed by atoms with van der Waals surface area (Å²) in [6.07, 6.45) is 28.6. The van der Waals surface area contributed by atoms with Gasteiger partial charge < -0.3 is 75.8 Å². The van der Waals surface area contributed by atoms with E-state index in [-0.39, 0.29) is 64.0 Å². The van der Waals surface area contributed by atoms with Crippen molar-refractivity contribution < 1.29 is 202 Å². The monoisotopic (exact) mass is 2350 g/mol. The van der Waals surface area contributed by atoms with E-state index in [0.29, 0.717) is 188 Å². The highest BCUT2D eigenvalue weighted by Crippen LogP contribution is 2.66. The molecule has 13 atom stereocenters. The van der Waals surface area contributed by atoms with E-state index in [0.717, 1.165) is 164 Å². The summed E-state index contributed by atoms with van der Waals surface area (Å²) in [6.45, 7) is 17.3. The maximum Gasteiger partial charge on any atom is 0.523 e. The highest BCUT2D eigenvalue weighted by molar-refractivity contribution is 8.21. The Bertz CT molecular complexity index is 5450. The van der Waals surface area contributed by atoms with E-state index in [2.05, 4.69) is 18.0 Å². The van der Waals surface area contributed by atoms with Crippen LogP contribution in [0.5, 0.6) is 0 Å². The Labute approximate surface area is 886 Å². The summed E-state index contributed by atoms with van der Waals surface area (Å²) < 4.78 is 376. The molecule has 9 aliphatic heterocycles. The van der Waals surface area contributed by atoms with Crippen LogP contribution in [0.3, 0.4) is 0 Å². The zero-order valence-electron chi connectivity index (χ0n) is 86.7. The number of hydrogen-bond acceptors (Lipinski definition) is 45. The number of ether oxygens (including phenoxy) is 16. The summed E-state index contributed by atoms with van der Waals surface area (Å²) in [5.41, 5.74) is -4.28. The van der Waals surface area contributed by atoms with E-state index in [1.807, 2.05) is 44.3 Å². The van der Waals surface area contributed by atoms with E-state index in [1.165, 1.54) is 6.42 Å². The van der Waals surface area contributed by atoms with E-state index < -0.39 is 186 Å². The Morgan fingerprint density at radius 3 is 1.07 bits per heavy atom. The number of benzene rings is 1. The molecule has 13 unspecified atom stereocenters. The second-order valence-corrected chi connectivity index (χ2v) is 58.8. The van der Waals surface area contributed by atoms with Crippen LogP contribution in [0.1, 0.15) is 252 Å². The SMILES string of the molecule is CC1(C)C2CC(OS(C)(=O)=O)C3(OCCO3)C1C2.CC1COC2(CCCCC2OS(C)(=O)=O)O1.CCCS(=O)(=O)OC1CCCCC12OCCO2.CS(=O)(=O)OC1CCCC12OCCO2.CS(=O)(=O)OC1CCCC2(C1)OCCO2.CS(=O)(=O)OC1CCCCC12OCCO2.CS(=O)(=O)OC1CCCCC12SCCS2.Cc1ccc(S(=O)(=O)OC2CCCCC23OCCO3)cc1.O=S(=O)(OC1CCCCC12OCCO2)C(F)(F)F. The van der Waals surface area contributed by atoms with Crippen LogP contribution in [0.25, 0.3) is 0 Å². The van der Waals surface area contributed by atoms with Crippen LogP contribution in [0.2, 0.25) is 0 Å². The number of hydrogen-bond donors (Lipinski definition) is 0. The van der Waals surface area contributed by atoms with Crippen molar-refractivity contribution in [3.8, 4) is 0 Å². The molecule has 20 fully saturated rings. The largest absolute Gasteiger partial charge is 0.523 e. The first-order valence-corrected chi connectivity index (χ1v) is 68.6. The Balaban J connectivity index is 0.000000149. The molecule has 43 nitrogen and oxygen atoms in total. The van der Waals surface area contributed by atoms with Gasteiger partial charge >= 0.3 is 15.6 Å². The lowest BCUT2D eigenvalue weighted by Crippen LogP contribution is -2.68. The van der Waals surface area contributed by atoms with Gasteiger partial charge in [-0.1, -0.05) is 83.4 Å². The fraction of sp³-hybridized carbons (Fsp3) is 0.935. The Kier molecular flexibility index (Phi) is 44.0. The van der Waals surface area contributed by atoms with Crippen molar-refractivity contribution in [2.75, 3.05) is 154 Å². The number of fused-ring (bicyclic) bond motifs is 1. The second-order valence-electron chi connectivity index (χ2n) is 41.2. The second kappa shape index (κ2) is 52.2. The van der Waals surface area contributed by atoms with E-state index in [4.69, 9.17) is 109 Å². The van der Waals surface area contributed by atoms with Gasteiger partial charge in [-0.05, 0) is 159 Å². The zero-order valence-corrected chi connectivity index (χ0v) is 95.7. The van der Waals surface area contributed by atoms with Gasteiger partial charge in [0.25, 0.3) is 80.9 Å². The number of halogens is 3. The number of alkyl halides is 3. The molecule has 0 aromatic heterocycles. The number of thioether (sulfide) groups is 2. The molecule has 1 aromatic carbocycles. The van der Waals surface area contributed by atoms with Gasteiger partial charge in [0.1, 0.15) is 48.8 Å².